The number of benzene rings is 2. The Balaban J connectivity index is 2.16. The highest BCUT2D eigenvalue weighted by molar-refractivity contribution is 5.57. The minimum Gasteiger partial charge on any atom is -0.395 e. The van der Waals surface area contributed by atoms with Gasteiger partial charge in [-0.15, -0.1) is 0 Å². The number of aliphatic hydroxyl groups excluding tert-OH is 2. The molecule has 0 atom stereocenters. The molecule has 24 heavy (non-hydrogen) atoms. The Bertz CT molecular complexity index is 730. The summed E-state index contributed by atoms with van der Waals surface area (Å²) in [6, 6.07) is 14.7. The van der Waals surface area contributed by atoms with Crippen molar-refractivity contribution in [2.45, 2.75) is 6.92 Å². The monoisotopic (exact) mass is 324 g/mol. The minimum absolute atomic E-state index is 0.0270. The van der Waals surface area contributed by atoms with Crippen molar-refractivity contribution in [3.63, 3.8) is 0 Å². The first-order chi connectivity index (χ1) is 11.7. The van der Waals surface area contributed by atoms with Gasteiger partial charge in [-0.3, -0.25) is 0 Å². The Labute approximate surface area is 141 Å². The first-order valence-corrected chi connectivity index (χ1v) is 7.67. The summed E-state index contributed by atoms with van der Waals surface area (Å²) in [5.41, 5.74) is 3.89. The zero-order valence-corrected chi connectivity index (χ0v) is 13.6. The van der Waals surface area contributed by atoms with Gasteiger partial charge in [0.15, 0.2) is 0 Å². The van der Waals surface area contributed by atoms with Gasteiger partial charge >= 0.3 is 0 Å². The molecule has 0 aromatic heterocycles. The van der Waals surface area contributed by atoms with E-state index in [9.17, 15) is 0 Å². The molecule has 124 valence electrons. The highest BCUT2D eigenvalue weighted by Gasteiger charge is 2.07. The predicted molar refractivity (Wildman–Crippen MR) is 92.9 cm³/mol. The molecule has 0 heterocycles. The van der Waals surface area contributed by atoms with Gasteiger partial charge in [0.2, 0.25) is 0 Å². The predicted octanol–water partition coefficient (Wildman–Crippen LogP) is 3.07. The van der Waals surface area contributed by atoms with Crippen LogP contribution in [0.25, 0.3) is 0 Å². The minimum atomic E-state index is 0.0270. The Morgan fingerprint density at radius 1 is 1.00 bits per heavy atom. The van der Waals surface area contributed by atoms with Crippen molar-refractivity contribution in [1.29, 1.82) is 5.26 Å². The Kier molecular flexibility index (Phi) is 6.43. The zero-order valence-electron chi connectivity index (χ0n) is 13.6. The van der Waals surface area contributed by atoms with Crippen LogP contribution in [0.3, 0.4) is 0 Å². The number of nitriles is 1. The van der Waals surface area contributed by atoms with Gasteiger partial charge in [-0.25, -0.2) is 0 Å². The first-order valence-electron chi connectivity index (χ1n) is 7.67. The van der Waals surface area contributed by atoms with Crippen LogP contribution in [0.1, 0.15) is 11.1 Å². The average molecular weight is 324 g/mol. The summed E-state index contributed by atoms with van der Waals surface area (Å²) >= 11 is 0. The number of hydrogen-bond acceptors (Lipinski definition) is 6. The zero-order chi connectivity index (χ0) is 17.4. The van der Waals surface area contributed by atoms with Crippen molar-refractivity contribution in [3.05, 3.63) is 53.6 Å². The van der Waals surface area contributed by atoms with E-state index in [-0.39, 0.29) is 13.2 Å². The van der Waals surface area contributed by atoms with Crippen molar-refractivity contribution >= 4 is 17.1 Å². The van der Waals surface area contributed by atoms with Crippen LogP contribution in [0.15, 0.2) is 52.7 Å². The summed E-state index contributed by atoms with van der Waals surface area (Å²) in [6.45, 7) is 2.92. The quantitative estimate of drug-likeness (QED) is 0.766. The third-order valence-electron chi connectivity index (χ3n) is 3.55. The normalized spacial score (nSPS) is 10.8. The van der Waals surface area contributed by atoms with Gasteiger partial charge in [0.1, 0.15) is 0 Å². The van der Waals surface area contributed by atoms with E-state index in [4.69, 9.17) is 15.5 Å². The van der Waals surface area contributed by atoms with Crippen LogP contribution in [0.4, 0.5) is 17.1 Å². The Hall–Kier alpha value is -2.75. The lowest BCUT2D eigenvalue weighted by molar-refractivity contribution is 0.281. The average Bonchev–Trinajstić information content (AvgIpc) is 2.61. The van der Waals surface area contributed by atoms with E-state index in [2.05, 4.69) is 16.3 Å². The van der Waals surface area contributed by atoms with E-state index in [1.807, 2.05) is 30.0 Å². The van der Waals surface area contributed by atoms with Crippen LogP contribution in [0.2, 0.25) is 0 Å². The lowest BCUT2D eigenvalue weighted by Crippen LogP contribution is -2.29. The smallest absolute Gasteiger partial charge is 0.0991 e. The summed E-state index contributed by atoms with van der Waals surface area (Å²) in [6.07, 6.45) is 0. The maximum Gasteiger partial charge on any atom is 0.0991 e. The van der Waals surface area contributed by atoms with Crippen molar-refractivity contribution in [1.82, 2.24) is 0 Å². The van der Waals surface area contributed by atoms with Gasteiger partial charge in [0, 0.05) is 18.8 Å². The molecule has 0 unspecified atom stereocenters. The Morgan fingerprint density at radius 2 is 1.67 bits per heavy atom. The lowest BCUT2D eigenvalue weighted by atomic mass is 10.1. The van der Waals surface area contributed by atoms with E-state index in [0.717, 1.165) is 16.9 Å². The molecular formula is C18H20N4O2. The Morgan fingerprint density at radius 3 is 2.21 bits per heavy atom. The van der Waals surface area contributed by atoms with E-state index in [0.29, 0.717) is 24.3 Å². The molecule has 6 heteroatoms. The van der Waals surface area contributed by atoms with Gasteiger partial charge in [-0.1, -0.05) is 0 Å². The molecule has 6 nitrogen and oxygen atoms in total. The standard InChI is InChI=1S/C18H20N4O2/c1-14-12-17(22(8-10-23)9-11-24)6-7-18(14)21-20-16-4-2-15(13-19)3-5-16/h2-7,12,23-24H,8-11H2,1H3/b21-20+. The number of aliphatic hydroxyl groups is 2. The van der Waals surface area contributed by atoms with E-state index < -0.39 is 0 Å². The fourth-order valence-corrected chi connectivity index (χ4v) is 2.27. The SMILES string of the molecule is Cc1cc(N(CCO)CCO)ccc1/N=N/c1ccc(C#N)cc1. The van der Waals surface area contributed by atoms with Gasteiger partial charge in [0.05, 0.1) is 36.2 Å². The van der Waals surface area contributed by atoms with Crippen LogP contribution in [0.5, 0.6) is 0 Å². The summed E-state index contributed by atoms with van der Waals surface area (Å²) in [4.78, 5) is 1.91. The molecular weight excluding hydrogens is 304 g/mol. The molecule has 0 amide bonds. The van der Waals surface area contributed by atoms with Crippen LogP contribution in [-0.4, -0.2) is 36.5 Å². The molecule has 2 N–H and O–H groups in total. The number of nitrogens with zero attached hydrogens (tertiary/aromatic N) is 4. The molecule has 2 rings (SSSR count). The second kappa shape index (κ2) is 8.77. The van der Waals surface area contributed by atoms with Gasteiger partial charge < -0.3 is 15.1 Å². The summed E-state index contributed by atoms with van der Waals surface area (Å²) < 4.78 is 0. The van der Waals surface area contributed by atoms with E-state index in [1.165, 1.54) is 0 Å². The van der Waals surface area contributed by atoms with Crippen molar-refractivity contribution in [2.75, 3.05) is 31.2 Å². The highest BCUT2D eigenvalue weighted by Crippen LogP contribution is 2.26. The molecule has 0 radical (unpaired) electrons. The fraction of sp³-hybridized carbons (Fsp3) is 0.278. The molecule has 0 bridgehead atoms. The van der Waals surface area contributed by atoms with E-state index >= 15 is 0 Å². The summed E-state index contributed by atoms with van der Waals surface area (Å²) in [5, 5.41) is 35.4. The molecule has 0 fully saturated rings. The first kappa shape index (κ1) is 17.6. The highest BCUT2D eigenvalue weighted by atomic mass is 16.3. The number of anilines is 1. The number of rotatable bonds is 7. The number of aryl methyl sites for hydroxylation is 1. The van der Waals surface area contributed by atoms with Gasteiger partial charge in [0.25, 0.3) is 0 Å². The van der Waals surface area contributed by atoms with Crippen molar-refractivity contribution in [2.24, 2.45) is 10.2 Å². The lowest BCUT2D eigenvalue weighted by Gasteiger charge is -2.23. The molecule has 0 aliphatic heterocycles. The molecule has 2 aromatic rings. The van der Waals surface area contributed by atoms with Crippen molar-refractivity contribution in [3.8, 4) is 6.07 Å². The summed E-state index contributed by atoms with van der Waals surface area (Å²) in [5.74, 6) is 0. The maximum atomic E-state index is 9.12. The van der Waals surface area contributed by atoms with E-state index in [1.54, 1.807) is 24.3 Å². The largest absolute Gasteiger partial charge is 0.395 e. The van der Waals surface area contributed by atoms with Gasteiger partial charge in [-0.2, -0.15) is 15.5 Å². The van der Waals surface area contributed by atoms with Crippen LogP contribution < -0.4 is 4.90 Å². The molecule has 0 aliphatic rings. The topological polar surface area (TPSA) is 92.2 Å². The fourth-order valence-electron chi connectivity index (χ4n) is 2.27. The third kappa shape index (κ3) is 4.62. The maximum absolute atomic E-state index is 9.12. The number of hydrogen-bond donors (Lipinski definition) is 2. The molecule has 0 saturated heterocycles. The second-order valence-corrected chi connectivity index (χ2v) is 5.26. The van der Waals surface area contributed by atoms with Crippen molar-refractivity contribution < 1.29 is 10.2 Å². The molecule has 2 aromatic carbocycles. The van der Waals surface area contributed by atoms with Crippen LogP contribution in [-0.2, 0) is 0 Å². The third-order valence-corrected chi connectivity index (χ3v) is 3.55. The van der Waals surface area contributed by atoms with Gasteiger partial charge in [-0.05, 0) is 55.0 Å². The summed E-state index contributed by atoms with van der Waals surface area (Å²) in [7, 11) is 0. The molecule has 0 aliphatic carbocycles. The van der Waals surface area contributed by atoms with Crippen LogP contribution >= 0.6 is 0 Å². The van der Waals surface area contributed by atoms with Crippen LogP contribution in [0, 0.1) is 18.3 Å². The molecule has 0 saturated carbocycles. The molecule has 0 spiro atoms. The second-order valence-electron chi connectivity index (χ2n) is 5.26. The number of azo groups is 1.